The highest BCUT2D eigenvalue weighted by Gasteiger charge is 2.09. The molecule has 2 heterocycles. The Morgan fingerprint density at radius 1 is 1.00 bits per heavy atom. The molecular weight excluding hydrogens is 398 g/mol. The second-order valence-corrected chi connectivity index (χ2v) is 8.72. The minimum atomic E-state index is -0.579. The third-order valence-electron chi connectivity index (χ3n) is 3.41. The van der Waals surface area contributed by atoms with E-state index in [-0.39, 0.29) is 5.56 Å². The van der Waals surface area contributed by atoms with Gasteiger partial charge in [0.15, 0.2) is 0 Å². The van der Waals surface area contributed by atoms with Gasteiger partial charge in [-0.3, -0.25) is 0 Å². The van der Waals surface area contributed by atoms with Crippen molar-refractivity contribution in [2.45, 2.75) is 26.2 Å². The summed E-state index contributed by atoms with van der Waals surface area (Å²) in [7, 11) is 0. The minimum Gasteiger partial charge on any atom is -0.206 e. The van der Waals surface area contributed by atoms with Crippen LogP contribution in [0.25, 0.3) is 9.40 Å². The minimum absolute atomic E-state index is 0.150. The van der Waals surface area contributed by atoms with Crippen molar-refractivity contribution in [3.05, 3.63) is 55.7 Å². The van der Waals surface area contributed by atoms with Crippen LogP contribution in [0.5, 0.6) is 0 Å². The van der Waals surface area contributed by atoms with Crippen LogP contribution in [0.3, 0.4) is 0 Å². The van der Waals surface area contributed by atoms with E-state index in [0.717, 1.165) is 30.9 Å². The van der Waals surface area contributed by atoms with E-state index in [2.05, 4.69) is 34.7 Å². The van der Waals surface area contributed by atoms with E-state index >= 15 is 0 Å². The van der Waals surface area contributed by atoms with Crippen molar-refractivity contribution in [1.82, 2.24) is 0 Å². The molecule has 0 aliphatic rings. The molecule has 0 N–H and O–H groups in total. The lowest BCUT2D eigenvalue weighted by Gasteiger charge is -2.03. The number of hydrogen-bond donors (Lipinski definition) is 0. The summed E-state index contributed by atoms with van der Waals surface area (Å²) in [5.74, 6) is 4.37. The van der Waals surface area contributed by atoms with Gasteiger partial charge in [0.05, 0.1) is 14.2 Å². The third-order valence-corrected chi connectivity index (χ3v) is 6.12. The first-order valence-electron chi connectivity index (χ1n) is 7.25. The van der Waals surface area contributed by atoms with Crippen LogP contribution in [-0.4, -0.2) is 0 Å². The molecule has 1 aromatic carbocycles. The average molecular weight is 411 g/mol. The van der Waals surface area contributed by atoms with Crippen LogP contribution in [0.15, 0.2) is 28.1 Å². The van der Waals surface area contributed by atoms with E-state index in [4.69, 9.17) is 0 Å². The molecule has 3 aromatic rings. The topological polar surface area (TPSA) is 0 Å². The predicted molar refractivity (Wildman–Crippen MR) is 98.4 cm³/mol. The smallest absolute Gasteiger partial charge is 0.142 e. The highest BCUT2D eigenvalue weighted by atomic mass is 79.9. The normalized spacial score (nSPS) is 10.8. The first-order chi connectivity index (χ1) is 11.1. The van der Waals surface area contributed by atoms with E-state index in [0.29, 0.717) is 12.0 Å². The molecule has 2 aromatic heterocycles. The molecule has 5 heteroatoms. The molecule has 0 amide bonds. The summed E-state index contributed by atoms with van der Waals surface area (Å²) in [6.07, 6.45) is 2.61. The Hall–Kier alpha value is -1.22. The van der Waals surface area contributed by atoms with E-state index in [1.54, 1.807) is 11.3 Å². The molecule has 0 bridgehead atoms. The fourth-order valence-corrected chi connectivity index (χ4v) is 5.14. The predicted octanol–water partition coefficient (Wildman–Crippen LogP) is 6.75. The van der Waals surface area contributed by atoms with Crippen molar-refractivity contribution in [2.24, 2.45) is 0 Å². The summed E-state index contributed by atoms with van der Waals surface area (Å²) in [6.45, 7) is 2.05. The maximum Gasteiger partial charge on any atom is 0.142 e. The van der Waals surface area contributed by atoms with Crippen molar-refractivity contribution in [1.29, 1.82) is 0 Å². The van der Waals surface area contributed by atoms with Crippen molar-refractivity contribution < 1.29 is 8.78 Å². The summed E-state index contributed by atoms with van der Waals surface area (Å²) in [5, 5.41) is 0. The fourth-order valence-electron chi connectivity index (χ4n) is 2.26. The van der Waals surface area contributed by atoms with E-state index < -0.39 is 11.6 Å². The van der Waals surface area contributed by atoms with Crippen LogP contribution in [0, 0.1) is 23.5 Å². The van der Waals surface area contributed by atoms with Gasteiger partial charge in [0.25, 0.3) is 0 Å². The number of rotatable bonds is 3. The number of benzene rings is 1. The number of hydrogen-bond acceptors (Lipinski definition) is 2. The van der Waals surface area contributed by atoms with Gasteiger partial charge >= 0.3 is 0 Å². The fraction of sp³-hybridized carbons (Fsp3) is 0.222. The number of halogens is 3. The van der Waals surface area contributed by atoms with Gasteiger partial charge in [-0.25, -0.2) is 8.78 Å². The second kappa shape index (κ2) is 7.12. The Labute approximate surface area is 150 Å². The summed E-state index contributed by atoms with van der Waals surface area (Å²) in [4.78, 5) is 0.813. The largest absolute Gasteiger partial charge is 0.206 e. The molecule has 0 aliphatic heterocycles. The number of fused-ring (bicyclic) bond motifs is 1. The summed E-state index contributed by atoms with van der Waals surface area (Å²) in [5.41, 5.74) is 0.539. The molecule has 3 rings (SSSR count). The van der Waals surface area contributed by atoms with Crippen LogP contribution in [-0.2, 0) is 6.42 Å². The van der Waals surface area contributed by atoms with E-state index in [1.807, 2.05) is 12.1 Å². The molecule has 0 saturated carbocycles. The summed E-state index contributed by atoms with van der Waals surface area (Å²) < 4.78 is 31.5. The van der Waals surface area contributed by atoms with Gasteiger partial charge < -0.3 is 0 Å². The zero-order chi connectivity index (χ0) is 16.4. The van der Waals surface area contributed by atoms with Gasteiger partial charge in [-0.1, -0.05) is 25.2 Å². The molecular formula is C18H13BrF2S2. The maximum absolute atomic E-state index is 14.1. The van der Waals surface area contributed by atoms with Crippen molar-refractivity contribution in [3.8, 4) is 11.8 Å². The van der Waals surface area contributed by atoms with Gasteiger partial charge in [-0.05, 0) is 58.6 Å². The quantitative estimate of drug-likeness (QED) is 0.419. The molecule has 0 unspecified atom stereocenters. The number of unbranched alkanes of at least 4 members (excludes halogenated alkanes) is 1. The van der Waals surface area contributed by atoms with Gasteiger partial charge in [0.1, 0.15) is 11.6 Å². The van der Waals surface area contributed by atoms with Crippen LogP contribution < -0.4 is 0 Å². The van der Waals surface area contributed by atoms with Gasteiger partial charge in [-0.2, -0.15) is 0 Å². The number of thiophene rings is 2. The SMILES string of the molecule is CCCCc1cc(F)c(C#Cc2cc3sc(Br)cc3s2)c(F)c1. The molecule has 0 aliphatic carbocycles. The van der Waals surface area contributed by atoms with Crippen LogP contribution in [0.2, 0.25) is 0 Å². The van der Waals surface area contributed by atoms with Gasteiger partial charge in [0, 0.05) is 9.40 Å². The molecule has 118 valence electrons. The van der Waals surface area contributed by atoms with Crippen molar-refractivity contribution in [2.75, 3.05) is 0 Å². The van der Waals surface area contributed by atoms with Crippen LogP contribution in [0.4, 0.5) is 8.78 Å². The monoisotopic (exact) mass is 410 g/mol. The highest BCUT2D eigenvalue weighted by molar-refractivity contribution is 9.11. The van der Waals surface area contributed by atoms with E-state index in [9.17, 15) is 8.78 Å². The zero-order valence-corrected chi connectivity index (χ0v) is 15.6. The average Bonchev–Trinajstić information content (AvgIpc) is 3.01. The Morgan fingerprint density at radius 3 is 2.35 bits per heavy atom. The van der Waals surface area contributed by atoms with Crippen LogP contribution >= 0.6 is 38.6 Å². The molecule has 0 spiro atoms. The first kappa shape index (κ1) is 16.6. The first-order valence-corrected chi connectivity index (χ1v) is 9.68. The lowest BCUT2D eigenvalue weighted by atomic mass is 10.1. The Balaban J connectivity index is 1.89. The number of aryl methyl sites for hydroxylation is 1. The lowest BCUT2D eigenvalue weighted by molar-refractivity contribution is 0.572. The van der Waals surface area contributed by atoms with E-state index in [1.165, 1.54) is 23.5 Å². The second-order valence-electron chi connectivity index (χ2n) is 5.18. The summed E-state index contributed by atoms with van der Waals surface area (Å²) in [6, 6.07) is 6.77. The Morgan fingerprint density at radius 2 is 1.70 bits per heavy atom. The standard InChI is InChI=1S/C18H13BrF2S2/c1-2-3-4-11-7-14(20)13(15(21)8-11)6-5-12-9-16-17(22-12)10-18(19)23-16/h7-10H,2-4H2,1H3. The lowest BCUT2D eigenvalue weighted by Crippen LogP contribution is -1.95. The third kappa shape index (κ3) is 3.82. The highest BCUT2D eigenvalue weighted by Crippen LogP contribution is 2.35. The molecule has 0 fully saturated rings. The van der Waals surface area contributed by atoms with Crippen molar-refractivity contribution >= 4 is 48.0 Å². The zero-order valence-electron chi connectivity index (χ0n) is 12.4. The molecule has 0 radical (unpaired) electrons. The Bertz CT molecular complexity index is 858. The molecule has 0 nitrogen and oxygen atoms in total. The molecule has 0 atom stereocenters. The van der Waals surface area contributed by atoms with Crippen LogP contribution in [0.1, 0.15) is 35.8 Å². The summed E-state index contributed by atoms with van der Waals surface area (Å²) >= 11 is 6.58. The maximum atomic E-state index is 14.1. The van der Waals surface area contributed by atoms with Gasteiger partial charge in [0.2, 0.25) is 0 Å². The van der Waals surface area contributed by atoms with Gasteiger partial charge in [-0.15, -0.1) is 22.7 Å². The molecule has 23 heavy (non-hydrogen) atoms. The van der Waals surface area contributed by atoms with Crippen molar-refractivity contribution in [3.63, 3.8) is 0 Å². The Kier molecular flexibility index (Phi) is 5.15. The molecule has 0 saturated heterocycles.